The molecule has 0 bridgehead atoms. The number of nitrogens with two attached hydrogens (primary N) is 1. The van der Waals surface area contributed by atoms with Crippen molar-refractivity contribution in [1.29, 1.82) is 0 Å². The van der Waals surface area contributed by atoms with Gasteiger partial charge in [0.25, 0.3) is 5.91 Å². The first-order chi connectivity index (χ1) is 11.9. The van der Waals surface area contributed by atoms with Gasteiger partial charge >= 0.3 is 6.03 Å². The second-order valence-electron chi connectivity index (χ2n) is 6.03. The molecule has 25 heavy (non-hydrogen) atoms. The number of urea groups is 1. The van der Waals surface area contributed by atoms with Gasteiger partial charge in [0, 0.05) is 0 Å². The fourth-order valence-electron chi connectivity index (χ4n) is 2.37. The van der Waals surface area contributed by atoms with Crippen molar-refractivity contribution in [2.75, 3.05) is 11.6 Å². The van der Waals surface area contributed by atoms with E-state index in [0.717, 1.165) is 16.1 Å². The molecule has 3 amide bonds. The minimum atomic E-state index is -0.780. The first-order valence-corrected chi connectivity index (χ1v) is 8.06. The zero-order chi connectivity index (χ0) is 18.4. The number of hydrogen-bond acceptors (Lipinski definition) is 3. The first-order valence-electron chi connectivity index (χ1n) is 8.06. The number of rotatable bonds is 5. The van der Waals surface area contributed by atoms with Crippen LogP contribution in [0.25, 0.3) is 0 Å². The topological polar surface area (TPSA) is 84.7 Å². The maximum atomic E-state index is 12.2. The fourth-order valence-corrected chi connectivity index (χ4v) is 2.37. The number of anilines is 1. The van der Waals surface area contributed by atoms with E-state index < -0.39 is 11.9 Å². The third kappa shape index (κ3) is 4.97. The van der Waals surface area contributed by atoms with Crippen LogP contribution in [0.1, 0.15) is 30.9 Å². The molecule has 0 fully saturated rings. The molecule has 2 aromatic carbocycles. The van der Waals surface area contributed by atoms with Crippen LogP contribution in [-0.4, -0.2) is 18.5 Å². The monoisotopic (exact) mass is 341 g/mol. The zero-order valence-corrected chi connectivity index (χ0v) is 14.7. The third-order valence-corrected chi connectivity index (χ3v) is 3.62. The second kappa shape index (κ2) is 8.19. The Hall–Kier alpha value is -3.02. The van der Waals surface area contributed by atoms with Gasteiger partial charge in [-0.2, -0.15) is 0 Å². The minimum Gasteiger partial charge on any atom is -0.483 e. The maximum Gasteiger partial charge on any atom is 0.338 e. The van der Waals surface area contributed by atoms with Gasteiger partial charge in [-0.15, -0.1) is 0 Å². The van der Waals surface area contributed by atoms with Crippen LogP contribution in [0.3, 0.4) is 0 Å². The Morgan fingerprint density at radius 2 is 1.84 bits per heavy atom. The smallest absolute Gasteiger partial charge is 0.338 e. The van der Waals surface area contributed by atoms with E-state index in [0.29, 0.717) is 11.4 Å². The van der Waals surface area contributed by atoms with Crippen LogP contribution in [0.2, 0.25) is 0 Å². The number of carbonyl (C=O) groups is 2. The van der Waals surface area contributed by atoms with Gasteiger partial charge in [-0.3, -0.25) is 10.2 Å². The van der Waals surface area contributed by atoms with E-state index in [2.05, 4.69) is 19.3 Å². The number of nitrogens with zero attached hydrogens (tertiary/aromatic N) is 1. The van der Waals surface area contributed by atoms with Crippen molar-refractivity contribution in [3.05, 3.63) is 59.7 Å². The van der Waals surface area contributed by atoms with Gasteiger partial charge < -0.3 is 10.5 Å². The first kappa shape index (κ1) is 18.3. The van der Waals surface area contributed by atoms with Crippen molar-refractivity contribution in [2.45, 2.75) is 26.7 Å². The summed E-state index contributed by atoms with van der Waals surface area (Å²) in [5, 5.41) is 0.991. The number of hydrogen-bond donors (Lipinski definition) is 2. The molecule has 0 radical (unpaired) electrons. The van der Waals surface area contributed by atoms with Crippen molar-refractivity contribution < 1.29 is 14.3 Å². The van der Waals surface area contributed by atoms with Gasteiger partial charge in [0.05, 0.1) is 5.69 Å². The molecule has 3 N–H and O–H groups in total. The Balaban J connectivity index is 2.05. The highest BCUT2D eigenvalue weighted by Gasteiger charge is 2.16. The van der Waals surface area contributed by atoms with Gasteiger partial charge in [0.15, 0.2) is 6.61 Å². The third-order valence-electron chi connectivity index (χ3n) is 3.62. The quantitative estimate of drug-likeness (QED) is 0.820. The van der Waals surface area contributed by atoms with E-state index in [-0.39, 0.29) is 12.5 Å². The summed E-state index contributed by atoms with van der Waals surface area (Å²) in [5.74, 6) is 0.458. The molecule has 0 aliphatic carbocycles. The lowest BCUT2D eigenvalue weighted by Crippen LogP contribution is -2.50. The maximum absolute atomic E-state index is 12.2. The van der Waals surface area contributed by atoms with Crippen LogP contribution < -0.4 is 20.9 Å². The van der Waals surface area contributed by atoms with E-state index in [1.165, 1.54) is 0 Å². The molecular weight excluding hydrogens is 318 g/mol. The van der Waals surface area contributed by atoms with E-state index >= 15 is 0 Å². The number of ether oxygens (including phenoxy) is 1. The van der Waals surface area contributed by atoms with Crippen molar-refractivity contribution in [1.82, 2.24) is 5.43 Å². The fraction of sp³-hybridized carbons (Fsp3) is 0.263. The van der Waals surface area contributed by atoms with E-state index in [4.69, 9.17) is 10.5 Å². The average molecular weight is 341 g/mol. The summed E-state index contributed by atoms with van der Waals surface area (Å²) in [7, 11) is 0. The van der Waals surface area contributed by atoms with E-state index in [1.807, 2.05) is 25.1 Å². The minimum absolute atomic E-state index is 0.222. The van der Waals surface area contributed by atoms with Crippen LogP contribution in [0.4, 0.5) is 10.5 Å². The molecule has 6 heteroatoms. The Bertz CT molecular complexity index is 745. The van der Waals surface area contributed by atoms with Crippen molar-refractivity contribution in [3.8, 4) is 5.75 Å². The highest BCUT2D eigenvalue weighted by atomic mass is 16.5. The predicted octanol–water partition coefficient (Wildman–Crippen LogP) is 3.11. The van der Waals surface area contributed by atoms with Gasteiger partial charge in [-0.25, -0.2) is 9.80 Å². The van der Waals surface area contributed by atoms with Crippen molar-refractivity contribution >= 4 is 17.6 Å². The zero-order valence-electron chi connectivity index (χ0n) is 14.7. The van der Waals surface area contributed by atoms with Crippen LogP contribution in [-0.2, 0) is 4.79 Å². The summed E-state index contributed by atoms with van der Waals surface area (Å²) in [6.45, 7) is 5.85. The molecular formula is C19H23N3O3. The van der Waals surface area contributed by atoms with Gasteiger partial charge in [-0.05, 0) is 42.2 Å². The standard InChI is InChI=1S/C19H23N3O3/c1-13(2)16-10-9-14(3)11-17(16)25-12-18(23)21-22(19(20)24)15-7-5-4-6-8-15/h4-11,13H,12H2,1-3H3,(H2,20,24)(H,21,23). The molecule has 0 saturated heterocycles. The Morgan fingerprint density at radius 3 is 2.44 bits per heavy atom. The lowest BCUT2D eigenvalue weighted by molar-refractivity contribution is -0.123. The van der Waals surface area contributed by atoms with Gasteiger partial charge in [0.2, 0.25) is 0 Å². The van der Waals surface area contributed by atoms with Crippen LogP contribution in [0, 0.1) is 6.92 Å². The number of amides is 3. The Kier molecular flexibility index (Phi) is 6.00. The molecule has 0 aliphatic heterocycles. The molecule has 0 atom stereocenters. The van der Waals surface area contributed by atoms with Crippen LogP contribution in [0.15, 0.2) is 48.5 Å². The number of hydrazine groups is 1. The number of carbonyl (C=O) groups excluding carboxylic acids is 2. The number of para-hydroxylation sites is 1. The summed E-state index contributed by atoms with van der Waals surface area (Å²) in [5.41, 5.74) is 10.3. The largest absolute Gasteiger partial charge is 0.483 e. The van der Waals surface area contributed by atoms with Crippen LogP contribution >= 0.6 is 0 Å². The second-order valence-corrected chi connectivity index (χ2v) is 6.03. The van der Waals surface area contributed by atoms with Gasteiger partial charge in [-0.1, -0.05) is 44.2 Å². The summed E-state index contributed by atoms with van der Waals surface area (Å²) < 4.78 is 5.67. The number of benzene rings is 2. The normalized spacial score (nSPS) is 10.4. The van der Waals surface area contributed by atoms with Crippen LogP contribution in [0.5, 0.6) is 5.75 Å². The number of aryl methyl sites for hydroxylation is 1. The highest BCUT2D eigenvalue weighted by Crippen LogP contribution is 2.27. The van der Waals surface area contributed by atoms with Crippen molar-refractivity contribution in [2.24, 2.45) is 5.73 Å². The average Bonchev–Trinajstić information content (AvgIpc) is 2.58. The molecule has 2 aromatic rings. The molecule has 0 aromatic heterocycles. The molecule has 0 unspecified atom stereocenters. The molecule has 2 rings (SSSR count). The molecule has 0 heterocycles. The molecule has 0 saturated carbocycles. The Labute approximate surface area is 147 Å². The SMILES string of the molecule is Cc1ccc(C(C)C)c(OCC(=O)NN(C(N)=O)c2ccccc2)c1. The molecule has 0 aliphatic rings. The van der Waals surface area contributed by atoms with E-state index in [9.17, 15) is 9.59 Å². The van der Waals surface area contributed by atoms with Crippen molar-refractivity contribution in [3.63, 3.8) is 0 Å². The van der Waals surface area contributed by atoms with Gasteiger partial charge in [0.1, 0.15) is 5.75 Å². The molecule has 0 spiro atoms. The van der Waals surface area contributed by atoms with E-state index in [1.54, 1.807) is 30.3 Å². The highest BCUT2D eigenvalue weighted by molar-refractivity contribution is 5.94. The summed E-state index contributed by atoms with van der Waals surface area (Å²) in [6, 6.07) is 13.7. The number of nitrogens with one attached hydrogen (secondary N) is 1. The predicted molar refractivity (Wildman–Crippen MR) is 97.4 cm³/mol. The summed E-state index contributed by atoms with van der Waals surface area (Å²) >= 11 is 0. The summed E-state index contributed by atoms with van der Waals surface area (Å²) in [6.07, 6.45) is 0. The molecule has 132 valence electrons. The number of primary amides is 1. The lowest BCUT2D eigenvalue weighted by Gasteiger charge is -2.21. The molecule has 6 nitrogen and oxygen atoms in total. The summed E-state index contributed by atoms with van der Waals surface area (Å²) in [4.78, 5) is 23.8. The lowest BCUT2D eigenvalue weighted by atomic mass is 10.0. The Morgan fingerprint density at radius 1 is 1.16 bits per heavy atom.